The first kappa shape index (κ1) is 13.1. The van der Waals surface area contributed by atoms with E-state index < -0.39 is 5.97 Å². The molecular formula is C14H16N2O3. The minimum atomic E-state index is -0.990. The van der Waals surface area contributed by atoms with Crippen molar-refractivity contribution in [2.75, 3.05) is 19.0 Å². The van der Waals surface area contributed by atoms with Crippen LogP contribution in [0.25, 0.3) is 10.9 Å². The number of carboxylic acids is 1. The van der Waals surface area contributed by atoms with Crippen LogP contribution in [0.2, 0.25) is 0 Å². The Kier molecular flexibility index (Phi) is 3.85. The molecule has 0 bridgehead atoms. The minimum absolute atomic E-state index is 0.175. The van der Waals surface area contributed by atoms with Crippen molar-refractivity contribution < 1.29 is 14.6 Å². The van der Waals surface area contributed by atoms with Crippen molar-refractivity contribution in [2.24, 2.45) is 0 Å². The highest BCUT2D eigenvalue weighted by molar-refractivity contribution is 6.05. The topological polar surface area (TPSA) is 71.5 Å². The van der Waals surface area contributed by atoms with Crippen molar-refractivity contribution in [3.63, 3.8) is 0 Å². The molecule has 0 fully saturated rings. The molecule has 0 spiro atoms. The molecule has 5 nitrogen and oxygen atoms in total. The molecule has 2 aromatic rings. The van der Waals surface area contributed by atoms with Crippen LogP contribution < -0.4 is 10.1 Å². The number of para-hydroxylation sites is 1. The minimum Gasteiger partial charge on any atom is -0.494 e. The van der Waals surface area contributed by atoms with Gasteiger partial charge in [-0.15, -0.1) is 0 Å². The number of carboxylic acid groups (broad SMARTS) is 1. The van der Waals surface area contributed by atoms with E-state index in [1.807, 2.05) is 19.1 Å². The van der Waals surface area contributed by atoms with Gasteiger partial charge in [0.25, 0.3) is 0 Å². The van der Waals surface area contributed by atoms with Crippen molar-refractivity contribution in [3.05, 3.63) is 30.0 Å². The summed E-state index contributed by atoms with van der Waals surface area (Å²) in [5.41, 5.74) is 1.43. The van der Waals surface area contributed by atoms with E-state index >= 15 is 0 Å². The van der Waals surface area contributed by atoms with Gasteiger partial charge in [0, 0.05) is 18.1 Å². The van der Waals surface area contributed by atoms with E-state index in [4.69, 9.17) is 4.74 Å². The molecule has 19 heavy (non-hydrogen) atoms. The lowest BCUT2D eigenvalue weighted by Gasteiger charge is -2.13. The number of hydrogen-bond acceptors (Lipinski definition) is 4. The van der Waals surface area contributed by atoms with Gasteiger partial charge in [0.1, 0.15) is 16.8 Å². The largest absolute Gasteiger partial charge is 0.494 e. The summed E-state index contributed by atoms with van der Waals surface area (Å²) in [6, 6.07) is 5.47. The summed E-state index contributed by atoms with van der Waals surface area (Å²) >= 11 is 0. The van der Waals surface area contributed by atoms with Crippen LogP contribution in [0.15, 0.2) is 24.4 Å². The molecule has 100 valence electrons. The Morgan fingerprint density at radius 1 is 1.47 bits per heavy atom. The van der Waals surface area contributed by atoms with Gasteiger partial charge in [-0.05, 0) is 12.5 Å². The van der Waals surface area contributed by atoms with Crippen molar-refractivity contribution in [1.82, 2.24) is 4.98 Å². The second-order valence-corrected chi connectivity index (χ2v) is 4.14. The molecule has 1 aromatic carbocycles. The van der Waals surface area contributed by atoms with Crippen LogP contribution in [-0.4, -0.2) is 29.7 Å². The molecule has 0 unspecified atom stereocenters. The monoisotopic (exact) mass is 260 g/mol. The number of anilines is 1. The Labute approximate surface area is 111 Å². The van der Waals surface area contributed by atoms with Gasteiger partial charge in [0.05, 0.1) is 12.8 Å². The zero-order valence-corrected chi connectivity index (χ0v) is 10.9. The third-order valence-corrected chi connectivity index (χ3v) is 2.86. The molecule has 0 atom stereocenters. The summed E-state index contributed by atoms with van der Waals surface area (Å²) in [7, 11) is 1.57. The van der Waals surface area contributed by atoms with E-state index in [0.29, 0.717) is 23.5 Å². The molecule has 0 amide bonds. The van der Waals surface area contributed by atoms with Gasteiger partial charge >= 0.3 is 5.97 Å². The fourth-order valence-corrected chi connectivity index (χ4v) is 1.96. The Hall–Kier alpha value is -2.30. The standard InChI is InChI=1S/C14H16N2O3/c1-3-7-15-12-9-5-4-6-11(19-2)13(9)16-8-10(12)14(17)18/h4-6,8H,3,7H2,1-2H3,(H,15,16)(H,17,18). The number of pyridine rings is 1. The molecule has 0 aliphatic rings. The zero-order valence-electron chi connectivity index (χ0n) is 10.9. The number of methoxy groups -OCH3 is 1. The van der Waals surface area contributed by atoms with E-state index in [-0.39, 0.29) is 5.56 Å². The van der Waals surface area contributed by atoms with Crippen LogP contribution in [-0.2, 0) is 0 Å². The van der Waals surface area contributed by atoms with Gasteiger partial charge in [-0.3, -0.25) is 4.98 Å². The Bertz CT molecular complexity index is 611. The lowest BCUT2D eigenvalue weighted by molar-refractivity contribution is 0.0697. The van der Waals surface area contributed by atoms with E-state index in [2.05, 4.69) is 10.3 Å². The third-order valence-electron chi connectivity index (χ3n) is 2.86. The van der Waals surface area contributed by atoms with Crippen LogP contribution in [0, 0.1) is 0 Å². The lowest BCUT2D eigenvalue weighted by atomic mass is 10.1. The highest BCUT2D eigenvalue weighted by atomic mass is 16.5. The summed E-state index contributed by atoms with van der Waals surface area (Å²) in [5, 5.41) is 13.2. The number of aromatic carboxylic acids is 1. The Morgan fingerprint density at radius 2 is 2.26 bits per heavy atom. The molecule has 2 N–H and O–H groups in total. The molecule has 0 aliphatic carbocycles. The number of rotatable bonds is 5. The van der Waals surface area contributed by atoms with Crippen molar-refractivity contribution in [1.29, 1.82) is 0 Å². The summed E-state index contributed by atoms with van der Waals surface area (Å²) in [4.78, 5) is 15.5. The smallest absolute Gasteiger partial charge is 0.339 e. The molecule has 5 heteroatoms. The van der Waals surface area contributed by atoms with Crippen molar-refractivity contribution in [2.45, 2.75) is 13.3 Å². The molecular weight excluding hydrogens is 244 g/mol. The summed E-state index contributed by atoms with van der Waals surface area (Å²) in [6.45, 7) is 2.73. The van der Waals surface area contributed by atoms with Crippen LogP contribution in [0.4, 0.5) is 5.69 Å². The highest BCUT2D eigenvalue weighted by Gasteiger charge is 2.15. The number of hydrogen-bond donors (Lipinski definition) is 2. The highest BCUT2D eigenvalue weighted by Crippen LogP contribution is 2.31. The van der Waals surface area contributed by atoms with Gasteiger partial charge in [0.15, 0.2) is 0 Å². The molecule has 0 aliphatic heterocycles. The van der Waals surface area contributed by atoms with Crippen LogP contribution in [0.3, 0.4) is 0 Å². The second-order valence-electron chi connectivity index (χ2n) is 4.14. The fourth-order valence-electron chi connectivity index (χ4n) is 1.96. The normalized spacial score (nSPS) is 10.4. The van der Waals surface area contributed by atoms with E-state index in [1.165, 1.54) is 6.20 Å². The predicted molar refractivity (Wildman–Crippen MR) is 74.0 cm³/mol. The number of aromatic nitrogens is 1. The number of ether oxygens (including phenoxy) is 1. The van der Waals surface area contributed by atoms with Crippen molar-refractivity contribution >= 4 is 22.6 Å². The first-order valence-electron chi connectivity index (χ1n) is 6.12. The number of nitrogens with zero attached hydrogens (tertiary/aromatic N) is 1. The van der Waals surface area contributed by atoms with E-state index in [0.717, 1.165) is 11.8 Å². The number of nitrogens with one attached hydrogen (secondary N) is 1. The third kappa shape index (κ3) is 2.45. The fraction of sp³-hybridized carbons (Fsp3) is 0.286. The van der Waals surface area contributed by atoms with Gasteiger partial charge in [-0.2, -0.15) is 0 Å². The quantitative estimate of drug-likeness (QED) is 0.865. The SMILES string of the molecule is CCCNc1c(C(=O)O)cnc2c(OC)cccc12. The number of fused-ring (bicyclic) bond motifs is 1. The molecule has 2 rings (SSSR count). The maximum absolute atomic E-state index is 11.3. The van der Waals surface area contributed by atoms with Crippen LogP contribution in [0.5, 0.6) is 5.75 Å². The zero-order chi connectivity index (χ0) is 13.8. The summed E-state index contributed by atoms with van der Waals surface area (Å²) in [6.07, 6.45) is 2.28. The van der Waals surface area contributed by atoms with Crippen LogP contribution in [0.1, 0.15) is 23.7 Å². The van der Waals surface area contributed by atoms with Gasteiger partial charge < -0.3 is 15.2 Å². The number of carbonyl (C=O) groups is 1. The molecule has 0 radical (unpaired) electrons. The maximum Gasteiger partial charge on any atom is 0.339 e. The lowest BCUT2D eigenvalue weighted by Crippen LogP contribution is -2.08. The molecule has 1 heterocycles. The van der Waals surface area contributed by atoms with Gasteiger partial charge in [-0.1, -0.05) is 19.1 Å². The van der Waals surface area contributed by atoms with E-state index in [9.17, 15) is 9.90 Å². The van der Waals surface area contributed by atoms with Crippen LogP contribution >= 0.6 is 0 Å². The first-order valence-corrected chi connectivity index (χ1v) is 6.12. The molecule has 0 saturated carbocycles. The predicted octanol–water partition coefficient (Wildman–Crippen LogP) is 2.76. The van der Waals surface area contributed by atoms with Gasteiger partial charge in [0.2, 0.25) is 0 Å². The average Bonchev–Trinajstić information content (AvgIpc) is 2.43. The first-order chi connectivity index (χ1) is 9.19. The van der Waals surface area contributed by atoms with Crippen molar-refractivity contribution in [3.8, 4) is 5.75 Å². The summed E-state index contributed by atoms with van der Waals surface area (Å²) in [5.74, 6) is -0.357. The Balaban J connectivity index is 2.68. The Morgan fingerprint density at radius 3 is 2.89 bits per heavy atom. The molecule has 1 aromatic heterocycles. The molecule has 0 saturated heterocycles. The average molecular weight is 260 g/mol. The van der Waals surface area contributed by atoms with E-state index in [1.54, 1.807) is 13.2 Å². The van der Waals surface area contributed by atoms with Gasteiger partial charge in [-0.25, -0.2) is 4.79 Å². The summed E-state index contributed by atoms with van der Waals surface area (Å²) < 4.78 is 5.25. The maximum atomic E-state index is 11.3. The number of benzene rings is 1. The second kappa shape index (κ2) is 5.56.